The third-order valence-electron chi connectivity index (χ3n) is 5.82. The summed E-state index contributed by atoms with van der Waals surface area (Å²) in [5.74, 6) is -0.430. The van der Waals surface area contributed by atoms with Crippen molar-refractivity contribution in [3.05, 3.63) is 70.7 Å². The summed E-state index contributed by atoms with van der Waals surface area (Å²) in [6.45, 7) is 2.08. The fraction of sp³-hybridized carbons (Fsp3) is 0.364. The zero-order valence-electron chi connectivity index (χ0n) is 16.4. The maximum atomic E-state index is 14.3. The van der Waals surface area contributed by atoms with Gasteiger partial charge in [0, 0.05) is 23.8 Å². The lowest BCUT2D eigenvalue weighted by Gasteiger charge is -2.18. The molecule has 3 nitrogen and oxygen atoms in total. The molecule has 8 heteroatoms. The predicted octanol–water partition coefficient (Wildman–Crippen LogP) is 5.66. The zero-order valence-corrected chi connectivity index (χ0v) is 17.2. The average molecular weight is 439 g/mol. The lowest BCUT2D eigenvalue weighted by molar-refractivity contribution is -0.137. The number of rotatable bonds is 5. The Morgan fingerprint density at radius 2 is 1.80 bits per heavy atom. The van der Waals surface area contributed by atoms with Crippen LogP contribution < -0.4 is 0 Å². The van der Waals surface area contributed by atoms with Gasteiger partial charge in [-0.1, -0.05) is 19.1 Å². The third-order valence-corrected chi connectivity index (χ3v) is 6.65. The SMILES string of the molecule is CC1CC1C(c1ccc(C(F)(F)F)cc1)c1c[nH]c2c(CS(C)(=O)=O)cc(F)cc12. The Kier molecular flexibility index (Phi) is 4.96. The first-order chi connectivity index (χ1) is 13.9. The van der Waals surface area contributed by atoms with Gasteiger partial charge in [-0.3, -0.25) is 0 Å². The van der Waals surface area contributed by atoms with Crippen molar-refractivity contribution in [2.45, 2.75) is 31.2 Å². The molecular weight excluding hydrogens is 418 g/mol. The first-order valence-corrected chi connectivity index (χ1v) is 11.6. The molecule has 0 aliphatic heterocycles. The Hall–Kier alpha value is -2.35. The number of fused-ring (bicyclic) bond motifs is 1. The topological polar surface area (TPSA) is 49.9 Å². The first-order valence-electron chi connectivity index (χ1n) is 9.58. The maximum absolute atomic E-state index is 14.3. The molecule has 3 unspecified atom stereocenters. The van der Waals surface area contributed by atoms with Gasteiger partial charge in [-0.25, -0.2) is 12.8 Å². The van der Waals surface area contributed by atoms with Crippen LogP contribution in [-0.4, -0.2) is 19.7 Å². The van der Waals surface area contributed by atoms with E-state index in [0.717, 1.165) is 35.9 Å². The smallest absolute Gasteiger partial charge is 0.361 e. The van der Waals surface area contributed by atoms with Crippen LogP contribution in [0, 0.1) is 17.7 Å². The van der Waals surface area contributed by atoms with Crippen LogP contribution in [0.4, 0.5) is 17.6 Å². The van der Waals surface area contributed by atoms with Gasteiger partial charge in [0.15, 0.2) is 9.84 Å². The number of benzene rings is 2. The molecule has 0 saturated heterocycles. The second-order valence-electron chi connectivity index (χ2n) is 8.28. The lowest BCUT2D eigenvalue weighted by atomic mass is 9.85. The maximum Gasteiger partial charge on any atom is 0.416 e. The number of aromatic nitrogens is 1. The van der Waals surface area contributed by atoms with Crippen LogP contribution in [0.2, 0.25) is 0 Å². The second kappa shape index (κ2) is 7.11. The van der Waals surface area contributed by atoms with Crippen LogP contribution >= 0.6 is 0 Å². The summed E-state index contributed by atoms with van der Waals surface area (Å²) in [5.41, 5.74) is 1.67. The van der Waals surface area contributed by atoms with Crippen molar-refractivity contribution in [1.82, 2.24) is 4.98 Å². The molecule has 0 spiro atoms. The monoisotopic (exact) mass is 439 g/mol. The van der Waals surface area contributed by atoms with E-state index < -0.39 is 27.4 Å². The molecule has 3 atom stereocenters. The fourth-order valence-electron chi connectivity index (χ4n) is 4.29. The van der Waals surface area contributed by atoms with E-state index >= 15 is 0 Å². The Balaban J connectivity index is 1.83. The highest BCUT2D eigenvalue weighted by Crippen LogP contribution is 2.52. The van der Waals surface area contributed by atoms with E-state index in [9.17, 15) is 26.0 Å². The molecule has 0 bridgehead atoms. The molecule has 1 fully saturated rings. The highest BCUT2D eigenvalue weighted by molar-refractivity contribution is 7.89. The van der Waals surface area contributed by atoms with Gasteiger partial charge in [-0.05, 0) is 59.2 Å². The normalized spacial score (nSPS) is 20.5. The third kappa shape index (κ3) is 4.10. The summed E-state index contributed by atoms with van der Waals surface area (Å²) >= 11 is 0. The molecule has 4 rings (SSSR count). The number of hydrogen-bond acceptors (Lipinski definition) is 2. The van der Waals surface area contributed by atoms with Crippen LogP contribution in [0.1, 0.15) is 41.5 Å². The molecule has 1 aromatic heterocycles. The number of halogens is 4. The molecule has 1 aliphatic rings. The average Bonchev–Trinajstić information content (AvgIpc) is 3.17. The molecule has 160 valence electrons. The van der Waals surface area contributed by atoms with E-state index in [0.29, 0.717) is 22.4 Å². The van der Waals surface area contributed by atoms with E-state index in [1.54, 1.807) is 6.20 Å². The number of nitrogens with one attached hydrogen (secondary N) is 1. The van der Waals surface area contributed by atoms with E-state index in [1.807, 2.05) is 0 Å². The van der Waals surface area contributed by atoms with Crippen molar-refractivity contribution in [2.24, 2.45) is 11.8 Å². The van der Waals surface area contributed by atoms with Crippen LogP contribution in [0.5, 0.6) is 0 Å². The van der Waals surface area contributed by atoms with Gasteiger partial charge in [0.05, 0.1) is 16.8 Å². The van der Waals surface area contributed by atoms with Crippen LogP contribution in [0.3, 0.4) is 0 Å². The quantitative estimate of drug-likeness (QED) is 0.522. The number of aromatic amines is 1. The summed E-state index contributed by atoms with van der Waals surface area (Å²) in [6.07, 6.45) is -0.678. The summed E-state index contributed by atoms with van der Waals surface area (Å²) in [6, 6.07) is 7.66. The minimum Gasteiger partial charge on any atom is -0.361 e. The molecule has 1 saturated carbocycles. The van der Waals surface area contributed by atoms with Crippen molar-refractivity contribution < 1.29 is 26.0 Å². The van der Waals surface area contributed by atoms with Crippen LogP contribution in [0.15, 0.2) is 42.6 Å². The van der Waals surface area contributed by atoms with Gasteiger partial charge in [0.1, 0.15) is 5.82 Å². The minimum atomic E-state index is -4.41. The molecule has 30 heavy (non-hydrogen) atoms. The Morgan fingerprint density at radius 1 is 1.17 bits per heavy atom. The van der Waals surface area contributed by atoms with Crippen molar-refractivity contribution in [1.29, 1.82) is 0 Å². The fourth-order valence-corrected chi connectivity index (χ4v) is 5.09. The molecule has 2 aromatic carbocycles. The largest absolute Gasteiger partial charge is 0.416 e. The molecule has 3 aromatic rings. The molecule has 0 amide bonds. The number of alkyl halides is 3. The number of H-pyrrole nitrogens is 1. The van der Waals surface area contributed by atoms with Gasteiger partial charge in [-0.2, -0.15) is 13.2 Å². The van der Waals surface area contributed by atoms with Gasteiger partial charge < -0.3 is 4.98 Å². The van der Waals surface area contributed by atoms with E-state index in [4.69, 9.17) is 0 Å². The summed E-state index contributed by atoms with van der Waals surface area (Å²) < 4.78 is 76.8. The lowest BCUT2D eigenvalue weighted by Crippen LogP contribution is -2.08. The first kappa shape index (κ1) is 20.9. The van der Waals surface area contributed by atoms with Crippen molar-refractivity contribution in [3.63, 3.8) is 0 Å². The van der Waals surface area contributed by atoms with Gasteiger partial charge in [-0.15, -0.1) is 0 Å². The summed E-state index contributed by atoms with van der Waals surface area (Å²) in [5, 5.41) is 0.567. The number of sulfone groups is 1. The van der Waals surface area contributed by atoms with E-state index in [-0.39, 0.29) is 17.6 Å². The van der Waals surface area contributed by atoms with Crippen LogP contribution in [-0.2, 0) is 21.8 Å². The van der Waals surface area contributed by atoms with Gasteiger partial charge >= 0.3 is 6.18 Å². The summed E-state index contributed by atoms with van der Waals surface area (Å²) in [7, 11) is -3.37. The van der Waals surface area contributed by atoms with Crippen molar-refractivity contribution in [3.8, 4) is 0 Å². The molecule has 1 aliphatic carbocycles. The predicted molar refractivity (Wildman–Crippen MR) is 107 cm³/mol. The Bertz CT molecular complexity index is 1200. The van der Waals surface area contributed by atoms with Crippen molar-refractivity contribution in [2.75, 3.05) is 6.26 Å². The molecule has 1 N–H and O–H groups in total. The van der Waals surface area contributed by atoms with Gasteiger partial charge in [0.2, 0.25) is 0 Å². The Morgan fingerprint density at radius 3 is 2.33 bits per heavy atom. The molecule has 0 radical (unpaired) electrons. The van der Waals surface area contributed by atoms with Crippen LogP contribution in [0.25, 0.3) is 10.9 Å². The van der Waals surface area contributed by atoms with E-state index in [2.05, 4.69) is 11.9 Å². The summed E-state index contributed by atoms with van der Waals surface area (Å²) in [4.78, 5) is 3.08. The standard InChI is InChI=1S/C22H21F4NO2S/c1-12-7-17(12)20(13-3-5-15(6-4-13)22(24,25)26)19-10-27-21-14(11-30(2,28)29)8-16(23)9-18(19)21/h3-6,8-10,12,17,20,27H,7,11H2,1-2H3. The number of hydrogen-bond donors (Lipinski definition) is 1. The van der Waals surface area contributed by atoms with Crippen molar-refractivity contribution >= 4 is 20.7 Å². The zero-order chi connectivity index (χ0) is 21.8. The van der Waals surface area contributed by atoms with Gasteiger partial charge in [0.25, 0.3) is 0 Å². The second-order valence-corrected chi connectivity index (χ2v) is 10.4. The molecular formula is C22H21F4NO2S. The highest BCUT2D eigenvalue weighted by Gasteiger charge is 2.42. The minimum absolute atomic E-state index is 0.205. The van der Waals surface area contributed by atoms with E-state index in [1.165, 1.54) is 24.3 Å². The highest BCUT2D eigenvalue weighted by atomic mass is 32.2. The Labute approximate surface area is 172 Å². The molecule has 1 heterocycles.